The van der Waals surface area contributed by atoms with Crippen LogP contribution in [0.25, 0.3) is 0 Å². The van der Waals surface area contributed by atoms with E-state index >= 15 is 0 Å². The fraction of sp³-hybridized carbons (Fsp3) is 0.956. The van der Waals surface area contributed by atoms with Crippen LogP contribution in [0, 0.1) is 0 Å². The van der Waals surface area contributed by atoms with E-state index in [1.54, 1.807) is 0 Å². The van der Waals surface area contributed by atoms with Gasteiger partial charge in [0.15, 0.2) is 75.1 Å². The molecule has 49 nitrogen and oxygen atoms in total. The summed E-state index contributed by atoms with van der Waals surface area (Å²) in [6, 6.07) is -3.49. The molecule has 10 aliphatic rings. The van der Waals surface area contributed by atoms with Crippen molar-refractivity contribution in [3.05, 3.63) is 0 Å². The second kappa shape index (κ2) is 41.2. The number of esters is 1. The Morgan fingerprint density at radius 2 is 0.556 bits per heavy atom. The molecule has 10 saturated heterocycles. The van der Waals surface area contributed by atoms with Gasteiger partial charge in [-0.1, -0.05) is 0 Å². The molecule has 10 aliphatic heterocycles. The second-order valence-corrected chi connectivity index (χ2v) is 30.6. The Hall–Kier alpha value is -3.31. The lowest BCUT2D eigenvalue weighted by Crippen LogP contribution is -2.71. The van der Waals surface area contributed by atoms with Crippen LogP contribution in [0.15, 0.2) is 0 Å². The molecule has 117 heavy (non-hydrogen) atoms. The largest absolute Gasteiger partial charge is 0.457 e. The van der Waals surface area contributed by atoms with Gasteiger partial charge in [0.2, 0.25) is 11.8 Å². The molecule has 10 rings (SSSR count). The zero-order chi connectivity index (χ0) is 86.1. The van der Waals surface area contributed by atoms with E-state index in [0.29, 0.717) is 0 Å². The van der Waals surface area contributed by atoms with E-state index in [-0.39, 0.29) is 13.2 Å². The van der Waals surface area contributed by atoms with Crippen molar-refractivity contribution in [3.8, 4) is 0 Å². The molecule has 0 aromatic heterocycles. The minimum absolute atomic E-state index is 0.0885. The summed E-state index contributed by atoms with van der Waals surface area (Å²) in [7, 11) is 0. The summed E-state index contributed by atoms with van der Waals surface area (Å²) in [5.74, 6) is -2.83. The van der Waals surface area contributed by atoms with E-state index in [1.807, 2.05) is 0 Å². The van der Waals surface area contributed by atoms with Crippen LogP contribution >= 0.6 is 0 Å². The smallest absolute Gasteiger partial charge is 0.303 e. The number of aliphatic hydroxyl groups excluding tert-OH is 22. The summed E-state index contributed by atoms with van der Waals surface area (Å²) in [6.07, 6.45) is -92.8. The number of carbonyl (C=O) groups is 3. The summed E-state index contributed by atoms with van der Waals surface area (Å²) < 4.78 is 128. The molecule has 678 valence electrons. The molecule has 0 radical (unpaired) electrons. The van der Waals surface area contributed by atoms with Gasteiger partial charge in [0.05, 0.1) is 69.7 Å². The molecule has 0 saturated carbocycles. The third kappa shape index (κ3) is 21.0. The van der Waals surface area contributed by atoms with Gasteiger partial charge in [0, 0.05) is 27.3 Å². The van der Waals surface area contributed by atoms with Gasteiger partial charge in [0.25, 0.3) is 0 Å². The van der Waals surface area contributed by atoms with Gasteiger partial charge in [-0.15, -0.1) is 0 Å². The van der Waals surface area contributed by atoms with Crippen molar-refractivity contribution in [1.82, 2.24) is 10.6 Å². The molecule has 50 atom stereocenters. The first-order chi connectivity index (χ1) is 55.2. The van der Waals surface area contributed by atoms with Crippen molar-refractivity contribution in [3.63, 3.8) is 0 Å². The standard InChI is InChI=1S/C68H115N3O46/c1-16-31(79)39(87)44(92)61(98-16)115-56-42(90)32(80)17(2)99-66(56)113-54-48(96)65(103-21(6)49(54)109-62-45(93)40(88)35(83)25(12-72)107-62)112-52-30(71-23(8)77)60(106-28(15-75)38(52)86)117-58-53(104-24(9)78)34(82)19(4)101-68(58)116-57-43(91)33(81)18(3)100-67(57)114-55-47(95)64(102-20(5)50(55)110-63-46(94)41(89)36(84)26(13-73)108-63)111-51-29(70-22(7)76)59(97-11-10-69)105-27(14-74)37(51)85/h16-21,25-68,72-75,79-96H,10-15,69H2,1-9H3,(H,70,76)(H,71,77). The highest BCUT2D eigenvalue weighted by Crippen LogP contribution is 2.42. The summed E-state index contributed by atoms with van der Waals surface area (Å²) >= 11 is 0. The van der Waals surface area contributed by atoms with Crippen LogP contribution in [0.3, 0.4) is 0 Å². The summed E-state index contributed by atoms with van der Waals surface area (Å²) in [6.45, 7) is 6.29. The van der Waals surface area contributed by atoms with Crippen molar-refractivity contribution in [2.75, 3.05) is 39.6 Å². The van der Waals surface area contributed by atoms with Gasteiger partial charge in [0.1, 0.15) is 195 Å². The van der Waals surface area contributed by atoms with Crippen molar-refractivity contribution in [1.29, 1.82) is 0 Å². The van der Waals surface area contributed by atoms with E-state index in [2.05, 4.69) is 10.6 Å². The number of hydrogen-bond donors (Lipinski definition) is 25. The number of rotatable bonds is 28. The highest BCUT2D eigenvalue weighted by atomic mass is 16.8. The quantitative estimate of drug-likeness (QED) is 0.0324. The Morgan fingerprint density at radius 1 is 0.274 bits per heavy atom. The monoisotopic (exact) mass is 1710 g/mol. The van der Waals surface area contributed by atoms with Crippen molar-refractivity contribution < 1.29 is 226 Å². The summed E-state index contributed by atoms with van der Waals surface area (Å²) in [5.41, 5.74) is 5.71. The van der Waals surface area contributed by atoms with Crippen LogP contribution in [-0.4, -0.2) is 477 Å². The number of hydrogen-bond acceptors (Lipinski definition) is 47. The van der Waals surface area contributed by atoms with E-state index < -0.39 is 351 Å². The number of aliphatic hydroxyl groups is 22. The fourth-order valence-corrected chi connectivity index (χ4v) is 15.5. The SMILES string of the molecule is CC(=O)NC1C(OCCN)OC(CO)C(O)C1OC1OC(C)C(OC2OC(CO)C(O)C(O)C2O)C(OC2OC(C)C(O)C(O)C2OC2OC(C)C(O)C(OC(C)=O)C2OC2OC(CO)C(O)C(OC3OC(C)C(OC4OC(CO)C(O)C(O)C4O)C(OC4OC(C)C(O)C(O)C4OC4OC(C)C(O)C(O)C4O)C3O)C2NC(C)=O)C1O. The van der Waals surface area contributed by atoms with Crippen molar-refractivity contribution >= 4 is 17.8 Å². The average molecular weight is 1710 g/mol. The molecule has 0 aromatic carbocycles. The van der Waals surface area contributed by atoms with E-state index in [1.165, 1.54) is 41.5 Å². The summed E-state index contributed by atoms with van der Waals surface area (Å²) in [5, 5.41) is 253. The lowest BCUT2D eigenvalue weighted by molar-refractivity contribution is -0.411. The molecule has 10 heterocycles. The van der Waals surface area contributed by atoms with Gasteiger partial charge >= 0.3 is 5.97 Å². The molecule has 10 fully saturated rings. The van der Waals surface area contributed by atoms with Gasteiger partial charge in [-0.25, -0.2) is 0 Å². The maximum absolute atomic E-state index is 13.6. The fourth-order valence-electron chi connectivity index (χ4n) is 15.5. The van der Waals surface area contributed by atoms with Crippen molar-refractivity contribution in [2.24, 2.45) is 5.73 Å². The molecule has 0 spiro atoms. The molecule has 0 bridgehead atoms. The zero-order valence-corrected chi connectivity index (χ0v) is 64.8. The Kier molecular flexibility index (Phi) is 33.8. The van der Waals surface area contributed by atoms with Crippen molar-refractivity contribution in [2.45, 2.75) is 369 Å². The Morgan fingerprint density at radius 3 is 0.949 bits per heavy atom. The molecule has 0 aliphatic carbocycles. The topological polar surface area (TPSA) is 740 Å². The number of carbonyl (C=O) groups excluding carboxylic acids is 3. The molecular weight excluding hydrogens is 1590 g/mol. The average Bonchev–Trinajstić information content (AvgIpc) is 0.763. The minimum Gasteiger partial charge on any atom is -0.457 e. The van der Waals surface area contributed by atoms with Gasteiger partial charge in [-0.2, -0.15) is 0 Å². The normalized spacial score (nSPS) is 51.4. The van der Waals surface area contributed by atoms with E-state index in [4.69, 9.17) is 105 Å². The third-order valence-corrected chi connectivity index (χ3v) is 22.1. The Balaban J connectivity index is 0.992. The third-order valence-electron chi connectivity index (χ3n) is 22.1. The molecule has 26 N–H and O–H groups in total. The first-order valence-electron chi connectivity index (χ1n) is 38.4. The molecule has 50 unspecified atom stereocenters. The lowest BCUT2D eigenvalue weighted by Gasteiger charge is -2.52. The zero-order valence-electron chi connectivity index (χ0n) is 64.8. The van der Waals surface area contributed by atoms with Crippen LogP contribution in [0.1, 0.15) is 62.3 Å². The predicted octanol–water partition coefficient (Wildman–Crippen LogP) is -15.8. The number of amides is 2. The second-order valence-electron chi connectivity index (χ2n) is 30.6. The predicted molar refractivity (Wildman–Crippen MR) is 367 cm³/mol. The van der Waals surface area contributed by atoms with E-state index in [0.717, 1.165) is 20.8 Å². The highest BCUT2D eigenvalue weighted by Gasteiger charge is 2.62. The maximum atomic E-state index is 13.6. The van der Waals surface area contributed by atoms with Gasteiger partial charge < -0.3 is 228 Å². The van der Waals surface area contributed by atoms with Crippen LogP contribution in [0.4, 0.5) is 0 Å². The summed E-state index contributed by atoms with van der Waals surface area (Å²) in [4.78, 5) is 39.7. The van der Waals surface area contributed by atoms with Crippen LogP contribution in [0.5, 0.6) is 0 Å². The highest BCUT2D eigenvalue weighted by molar-refractivity contribution is 5.73. The molecular formula is C68H115N3O46. The van der Waals surface area contributed by atoms with Crippen LogP contribution in [-0.2, 0) is 114 Å². The van der Waals surface area contributed by atoms with Crippen LogP contribution < -0.4 is 16.4 Å². The first kappa shape index (κ1) is 95.9. The first-order valence-corrected chi connectivity index (χ1v) is 38.4. The molecule has 2 amide bonds. The lowest BCUT2D eigenvalue weighted by atomic mass is 9.94. The van der Waals surface area contributed by atoms with Gasteiger partial charge in [-0.05, 0) is 41.5 Å². The number of nitrogens with two attached hydrogens (primary N) is 1. The molecule has 0 aromatic rings. The minimum atomic E-state index is -2.39. The molecule has 49 heteroatoms. The Labute approximate surface area is 667 Å². The van der Waals surface area contributed by atoms with Gasteiger partial charge in [-0.3, -0.25) is 14.4 Å². The van der Waals surface area contributed by atoms with E-state index in [9.17, 15) is 127 Å². The maximum Gasteiger partial charge on any atom is 0.303 e. The van der Waals surface area contributed by atoms with Crippen LogP contribution in [0.2, 0.25) is 0 Å². The Bertz CT molecular complexity index is 3120. The number of nitrogens with one attached hydrogen (secondary N) is 2. The number of ether oxygens (including phenoxy) is 21.